The maximum atomic E-state index is 5.38. The summed E-state index contributed by atoms with van der Waals surface area (Å²) in [6.07, 6.45) is 5.33. The highest BCUT2D eigenvalue weighted by molar-refractivity contribution is 5.94. The zero-order valence-corrected chi connectivity index (χ0v) is 16.0. The number of hydrogen-bond donors (Lipinski definition) is 0. The van der Waals surface area contributed by atoms with Crippen LogP contribution in [0.4, 0.5) is 0 Å². The molecule has 2 aliphatic carbocycles. The van der Waals surface area contributed by atoms with Crippen molar-refractivity contribution in [1.29, 1.82) is 0 Å². The summed E-state index contributed by atoms with van der Waals surface area (Å²) in [6.45, 7) is 7.08. The molecule has 25 heavy (non-hydrogen) atoms. The van der Waals surface area contributed by atoms with Gasteiger partial charge in [0.1, 0.15) is 0 Å². The molecule has 0 saturated heterocycles. The topological polar surface area (TPSA) is 52.4 Å². The van der Waals surface area contributed by atoms with Gasteiger partial charge in [-0.25, -0.2) is 0 Å². The molecule has 0 aliphatic heterocycles. The van der Waals surface area contributed by atoms with Crippen molar-refractivity contribution in [1.82, 2.24) is 0 Å². The molecule has 0 radical (unpaired) electrons. The van der Waals surface area contributed by atoms with Crippen molar-refractivity contribution in [3.63, 3.8) is 0 Å². The Bertz CT molecular complexity index is 699. The molecule has 3 rings (SSSR count). The summed E-state index contributed by atoms with van der Waals surface area (Å²) in [5, 5.41) is 8.97. The van der Waals surface area contributed by atoms with Crippen LogP contribution in [-0.4, -0.2) is 33.3 Å². The third-order valence-electron chi connectivity index (χ3n) is 6.58. The van der Waals surface area contributed by atoms with Crippen LogP contribution >= 0.6 is 0 Å². The first-order valence-electron chi connectivity index (χ1n) is 8.77. The van der Waals surface area contributed by atoms with Crippen molar-refractivity contribution in [3.8, 4) is 17.2 Å². The van der Waals surface area contributed by atoms with Gasteiger partial charge < -0.3 is 14.2 Å². The van der Waals surface area contributed by atoms with Gasteiger partial charge in [0.2, 0.25) is 5.75 Å². The fourth-order valence-corrected chi connectivity index (χ4v) is 4.42. The first-order chi connectivity index (χ1) is 11.9. The second kappa shape index (κ2) is 6.36. The molecule has 5 heteroatoms. The summed E-state index contributed by atoms with van der Waals surface area (Å²) >= 11 is 0. The Morgan fingerprint density at radius 1 is 1.04 bits per heavy atom. The summed E-state index contributed by atoms with van der Waals surface area (Å²) in [4.78, 5) is 0. The van der Waals surface area contributed by atoms with E-state index in [9.17, 15) is 0 Å². The summed E-state index contributed by atoms with van der Waals surface area (Å²) in [5.41, 5.74) is 2.59. The number of hydrogen-bond acceptors (Lipinski definition) is 5. The van der Waals surface area contributed by atoms with Crippen LogP contribution in [0.15, 0.2) is 22.3 Å². The number of benzene rings is 1. The van der Waals surface area contributed by atoms with Crippen LogP contribution in [0.25, 0.3) is 0 Å². The monoisotopic (exact) mass is 344 g/mol. The largest absolute Gasteiger partial charge is 0.493 e. The maximum Gasteiger partial charge on any atom is 0.203 e. The third kappa shape index (κ3) is 2.70. The fraction of sp³-hybridized carbons (Fsp3) is 0.600. The Labute approximate surface area is 150 Å². The molecular weight excluding hydrogens is 316 g/mol. The van der Waals surface area contributed by atoms with Crippen LogP contribution in [0.2, 0.25) is 0 Å². The van der Waals surface area contributed by atoms with Crippen molar-refractivity contribution in [2.24, 2.45) is 27.0 Å². The Morgan fingerprint density at radius 2 is 1.68 bits per heavy atom. The predicted octanol–water partition coefficient (Wildman–Crippen LogP) is 4.33. The van der Waals surface area contributed by atoms with Gasteiger partial charge in [-0.15, -0.1) is 0 Å². The smallest absolute Gasteiger partial charge is 0.203 e. The van der Waals surface area contributed by atoms with Crippen LogP contribution in [0.1, 0.15) is 45.6 Å². The van der Waals surface area contributed by atoms with Gasteiger partial charge in [0.15, 0.2) is 11.5 Å². The lowest BCUT2D eigenvalue weighted by molar-refractivity contribution is 0.194. The summed E-state index contributed by atoms with van der Waals surface area (Å²) in [7, 11) is 4.81. The summed E-state index contributed by atoms with van der Waals surface area (Å²) < 4.78 is 16.1. The highest BCUT2D eigenvalue weighted by Crippen LogP contribution is 2.64. The minimum absolute atomic E-state index is 0.171. The molecule has 0 aromatic heterocycles. The Hall–Kier alpha value is -2.04. The SMILES string of the molecule is COc1cc(C=NN=C2CC3CCC2(C)C3(C)C)cc(OC)c1OC. The lowest BCUT2D eigenvalue weighted by atomic mass is 9.70. The molecule has 1 aromatic carbocycles. The van der Waals surface area contributed by atoms with Crippen molar-refractivity contribution >= 4 is 11.9 Å². The molecule has 2 unspecified atom stereocenters. The van der Waals surface area contributed by atoms with Gasteiger partial charge in [0.25, 0.3) is 0 Å². The van der Waals surface area contributed by atoms with E-state index in [1.807, 2.05) is 12.1 Å². The zero-order chi connectivity index (χ0) is 18.2. The molecule has 0 spiro atoms. The summed E-state index contributed by atoms with van der Waals surface area (Å²) in [5.74, 6) is 2.54. The third-order valence-corrected chi connectivity index (χ3v) is 6.58. The van der Waals surface area contributed by atoms with Crippen LogP contribution in [-0.2, 0) is 0 Å². The van der Waals surface area contributed by atoms with Gasteiger partial charge >= 0.3 is 0 Å². The number of ether oxygens (including phenoxy) is 3. The molecule has 0 heterocycles. The minimum Gasteiger partial charge on any atom is -0.493 e. The van der Waals surface area contributed by atoms with E-state index in [0.29, 0.717) is 22.7 Å². The van der Waals surface area contributed by atoms with E-state index in [0.717, 1.165) is 17.9 Å². The maximum absolute atomic E-state index is 5.38. The molecule has 2 fully saturated rings. The first-order valence-corrected chi connectivity index (χ1v) is 8.77. The van der Waals surface area contributed by atoms with Crippen LogP contribution in [0, 0.1) is 16.7 Å². The van der Waals surface area contributed by atoms with E-state index >= 15 is 0 Å². The van der Waals surface area contributed by atoms with Crippen LogP contribution in [0.5, 0.6) is 17.2 Å². The lowest BCUT2D eigenvalue weighted by Crippen LogP contribution is -2.32. The van der Waals surface area contributed by atoms with Crippen molar-refractivity contribution < 1.29 is 14.2 Å². The summed E-state index contributed by atoms with van der Waals surface area (Å²) in [6, 6.07) is 3.75. The molecule has 2 atom stereocenters. The highest BCUT2D eigenvalue weighted by Gasteiger charge is 2.59. The van der Waals surface area contributed by atoms with Crippen LogP contribution in [0.3, 0.4) is 0 Å². The lowest BCUT2D eigenvalue weighted by Gasteiger charge is -2.34. The molecule has 5 nitrogen and oxygen atoms in total. The van der Waals surface area contributed by atoms with E-state index in [-0.39, 0.29) is 5.41 Å². The van der Waals surface area contributed by atoms with Crippen molar-refractivity contribution in [3.05, 3.63) is 17.7 Å². The van der Waals surface area contributed by atoms with Gasteiger partial charge in [0.05, 0.1) is 27.5 Å². The quantitative estimate of drug-likeness (QED) is 0.590. The van der Waals surface area contributed by atoms with Gasteiger partial charge in [0, 0.05) is 16.7 Å². The minimum atomic E-state index is 0.171. The van der Waals surface area contributed by atoms with Gasteiger partial charge in [-0.3, -0.25) is 0 Å². The standard InChI is InChI=1S/C20H28N2O3/c1-19(2)14-7-8-20(19,3)17(11-14)22-21-12-13-9-15(23-4)18(25-6)16(10-13)24-5/h9-10,12,14H,7-8,11H2,1-6H3. The predicted molar refractivity (Wildman–Crippen MR) is 100 cm³/mol. The fourth-order valence-electron chi connectivity index (χ4n) is 4.42. The van der Waals surface area contributed by atoms with Gasteiger partial charge in [-0.05, 0) is 42.7 Å². The number of fused-ring (bicyclic) bond motifs is 2. The molecule has 2 bridgehead atoms. The van der Waals surface area contributed by atoms with Gasteiger partial charge in [-0.2, -0.15) is 10.2 Å². The van der Waals surface area contributed by atoms with E-state index in [1.165, 1.54) is 18.6 Å². The average Bonchev–Trinajstić information content (AvgIpc) is 2.94. The second-order valence-corrected chi connectivity index (χ2v) is 7.74. The van der Waals surface area contributed by atoms with E-state index < -0.39 is 0 Å². The number of nitrogens with zero attached hydrogens (tertiary/aromatic N) is 2. The zero-order valence-electron chi connectivity index (χ0n) is 16.0. The Morgan fingerprint density at radius 3 is 2.12 bits per heavy atom. The molecule has 2 aliphatic rings. The molecule has 0 N–H and O–H groups in total. The molecular formula is C20H28N2O3. The van der Waals surface area contributed by atoms with Crippen molar-refractivity contribution in [2.75, 3.05) is 21.3 Å². The first kappa shape index (κ1) is 17.8. The van der Waals surface area contributed by atoms with Gasteiger partial charge in [-0.1, -0.05) is 20.8 Å². The van der Waals surface area contributed by atoms with E-state index in [2.05, 4.69) is 31.0 Å². The van der Waals surface area contributed by atoms with E-state index in [4.69, 9.17) is 14.2 Å². The van der Waals surface area contributed by atoms with Crippen molar-refractivity contribution in [2.45, 2.75) is 40.0 Å². The molecule has 1 aromatic rings. The number of methoxy groups -OCH3 is 3. The highest BCUT2D eigenvalue weighted by atomic mass is 16.5. The Kier molecular flexibility index (Phi) is 4.52. The Balaban J connectivity index is 1.86. The van der Waals surface area contributed by atoms with Crippen LogP contribution < -0.4 is 14.2 Å². The second-order valence-electron chi connectivity index (χ2n) is 7.74. The number of rotatable bonds is 5. The molecule has 0 amide bonds. The van der Waals surface area contributed by atoms with E-state index in [1.54, 1.807) is 27.5 Å². The molecule has 2 saturated carbocycles. The average molecular weight is 344 g/mol. The normalized spacial score (nSPS) is 28.7. The molecule has 136 valence electrons.